The van der Waals surface area contributed by atoms with Crippen molar-refractivity contribution in [1.29, 1.82) is 0 Å². The van der Waals surface area contributed by atoms with Crippen LogP contribution in [0.5, 0.6) is 0 Å². The fourth-order valence-corrected chi connectivity index (χ4v) is 5.18. The van der Waals surface area contributed by atoms with Crippen molar-refractivity contribution in [3.8, 4) is 0 Å². The Hall–Kier alpha value is -2.97. The molecule has 164 valence electrons. The highest BCUT2D eigenvalue weighted by molar-refractivity contribution is 7.16. The molecule has 0 saturated carbocycles. The van der Waals surface area contributed by atoms with Gasteiger partial charge in [-0.15, -0.1) is 11.3 Å². The summed E-state index contributed by atoms with van der Waals surface area (Å²) < 4.78 is 1.87. The number of carbonyl (C=O) groups is 1. The van der Waals surface area contributed by atoms with Crippen LogP contribution in [0.1, 0.15) is 27.3 Å². The number of fused-ring (bicyclic) bond motifs is 1. The Morgan fingerprint density at radius 1 is 1.09 bits per heavy atom. The van der Waals surface area contributed by atoms with Crippen LogP contribution in [0.25, 0.3) is 10.2 Å². The van der Waals surface area contributed by atoms with Gasteiger partial charge in [0.15, 0.2) is 0 Å². The number of nitrogens with zero attached hydrogens (tertiary/aromatic N) is 6. The predicted octanol–water partition coefficient (Wildman–Crippen LogP) is 4.17. The summed E-state index contributed by atoms with van der Waals surface area (Å²) in [7, 11) is 0. The highest BCUT2D eigenvalue weighted by Crippen LogP contribution is 2.28. The van der Waals surface area contributed by atoms with Crippen molar-refractivity contribution >= 4 is 44.9 Å². The molecule has 0 aliphatic carbocycles. The maximum atomic E-state index is 13.4. The van der Waals surface area contributed by atoms with E-state index >= 15 is 0 Å². The quantitative estimate of drug-likeness (QED) is 0.451. The smallest absolute Gasteiger partial charge is 0.257 e. The van der Waals surface area contributed by atoms with Crippen LogP contribution in [0.2, 0.25) is 5.02 Å². The number of benzene rings is 1. The Labute approximate surface area is 195 Å². The van der Waals surface area contributed by atoms with Gasteiger partial charge in [0.2, 0.25) is 0 Å². The van der Waals surface area contributed by atoms with Crippen molar-refractivity contribution in [2.75, 3.05) is 31.1 Å². The van der Waals surface area contributed by atoms with Crippen LogP contribution in [0, 0.1) is 13.8 Å². The minimum absolute atomic E-state index is 0.0356. The number of piperazine rings is 1. The third-order valence-electron chi connectivity index (χ3n) is 5.98. The van der Waals surface area contributed by atoms with Gasteiger partial charge in [0, 0.05) is 36.9 Å². The summed E-state index contributed by atoms with van der Waals surface area (Å²) in [6.45, 7) is 7.14. The summed E-state index contributed by atoms with van der Waals surface area (Å²) in [5, 5.41) is 8.45. The first-order valence-corrected chi connectivity index (χ1v) is 11.8. The lowest BCUT2D eigenvalue weighted by molar-refractivity contribution is 0.0745. The van der Waals surface area contributed by atoms with Gasteiger partial charge in [-0.1, -0.05) is 29.8 Å². The summed E-state index contributed by atoms with van der Waals surface area (Å²) in [6.07, 6.45) is 1.62. The van der Waals surface area contributed by atoms with Gasteiger partial charge < -0.3 is 9.80 Å². The summed E-state index contributed by atoms with van der Waals surface area (Å²) in [5.74, 6) is 0.983. The first-order chi connectivity index (χ1) is 15.5. The zero-order valence-corrected chi connectivity index (χ0v) is 19.5. The van der Waals surface area contributed by atoms with Crippen molar-refractivity contribution in [3.63, 3.8) is 0 Å². The average Bonchev–Trinajstić information content (AvgIpc) is 3.39. The van der Waals surface area contributed by atoms with E-state index in [1.165, 1.54) is 0 Å². The monoisotopic (exact) mass is 466 g/mol. The number of aromatic nitrogens is 4. The highest BCUT2D eigenvalue weighted by atomic mass is 35.5. The molecule has 0 unspecified atom stereocenters. The predicted molar refractivity (Wildman–Crippen MR) is 128 cm³/mol. The fourth-order valence-electron chi connectivity index (χ4n) is 4.26. The Bertz CT molecular complexity index is 1290. The first kappa shape index (κ1) is 20.9. The van der Waals surface area contributed by atoms with E-state index in [0.717, 1.165) is 46.1 Å². The molecule has 3 aromatic heterocycles. The number of carbonyl (C=O) groups excluding carboxylic acids is 1. The molecule has 5 rings (SSSR count). The molecule has 1 aromatic carbocycles. The van der Waals surface area contributed by atoms with E-state index in [-0.39, 0.29) is 5.91 Å². The standard InChI is InChI=1S/C23H23ClN6OS/c1-15-20(16(2)30(27-15)13-17-5-3-4-6-19(17)24)23(31)29-10-8-28(9-11-29)21-18-7-12-32-22(18)26-14-25-21/h3-7,12,14H,8-11,13H2,1-2H3. The van der Waals surface area contributed by atoms with Crippen molar-refractivity contribution in [3.05, 3.63) is 69.6 Å². The number of rotatable bonds is 4. The largest absolute Gasteiger partial charge is 0.352 e. The molecule has 0 atom stereocenters. The van der Waals surface area contributed by atoms with E-state index in [4.69, 9.17) is 11.6 Å². The van der Waals surface area contributed by atoms with Crippen LogP contribution >= 0.6 is 22.9 Å². The molecule has 0 bridgehead atoms. The molecule has 1 amide bonds. The molecule has 1 aliphatic rings. The van der Waals surface area contributed by atoms with Gasteiger partial charge in [-0.3, -0.25) is 9.48 Å². The third kappa shape index (κ3) is 3.73. The van der Waals surface area contributed by atoms with Crippen LogP contribution in [0.3, 0.4) is 0 Å². The molecule has 4 aromatic rings. The Morgan fingerprint density at radius 3 is 2.66 bits per heavy atom. The second-order valence-corrected chi connectivity index (χ2v) is 9.21. The lowest BCUT2D eigenvalue weighted by Crippen LogP contribution is -2.49. The van der Waals surface area contributed by atoms with E-state index in [0.29, 0.717) is 30.2 Å². The van der Waals surface area contributed by atoms with Crippen LogP contribution in [-0.2, 0) is 6.54 Å². The summed E-state index contributed by atoms with van der Waals surface area (Å²) >= 11 is 7.94. The molecule has 32 heavy (non-hydrogen) atoms. The van der Waals surface area contributed by atoms with Gasteiger partial charge in [-0.25, -0.2) is 9.97 Å². The first-order valence-electron chi connectivity index (χ1n) is 10.5. The molecule has 1 aliphatic heterocycles. The number of amides is 1. The second-order valence-electron chi connectivity index (χ2n) is 7.91. The number of hydrogen-bond acceptors (Lipinski definition) is 6. The zero-order chi connectivity index (χ0) is 22.2. The second kappa shape index (κ2) is 8.52. The van der Waals surface area contributed by atoms with Crippen molar-refractivity contribution in [1.82, 2.24) is 24.6 Å². The molecule has 9 heteroatoms. The molecule has 7 nitrogen and oxygen atoms in total. The molecule has 0 N–H and O–H groups in total. The highest BCUT2D eigenvalue weighted by Gasteiger charge is 2.28. The van der Waals surface area contributed by atoms with E-state index < -0.39 is 0 Å². The topological polar surface area (TPSA) is 67.2 Å². The van der Waals surface area contributed by atoms with E-state index in [2.05, 4.69) is 26.0 Å². The van der Waals surface area contributed by atoms with Crippen LogP contribution in [-0.4, -0.2) is 56.7 Å². The Morgan fingerprint density at radius 2 is 1.88 bits per heavy atom. The minimum atomic E-state index is 0.0356. The number of aryl methyl sites for hydroxylation is 1. The fraction of sp³-hybridized carbons (Fsp3) is 0.304. The molecule has 4 heterocycles. The summed E-state index contributed by atoms with van der Waals surface area (Å²) in [5.41, 5.74) is 3.29. The van der Waals surface area contributed by atoms with Crippen LogP contribution in [0.15, 0.2) is 42.0 Å². The van der Waals surface area contributed by atoms with E-state index in [1.54, 1.807) is 17.7 Å². The van der Waals surface area contributed by atoms with Crippen molar-refractivity contribution in [2.24, 2.45) is 0 Å². The van der Waals surface area contributed by atoms with E-state index in [9.17, 15) is 4.79 Å². The van der Waals surface area contributed by atoms with Gasteiger partial charge in [0.1, 0.15) is 17.0 Å². The molecule has 0 spiro atoms. The van der Waals surface area contributed by atoms with Crippen LogP contribution in [0.4, 0.5) is 5.82 Å². The molecular weight excluding hydrogens is 444 g/mol. The maximum Gasteiger partial charge on any atom is 0.257 e. The summed E-state index contributed by atoms with van der Waals surface area (Å²) in [4.78, 5) is 27.4. The normalized spacial score (nSPS) is 14.3. The molecule has 1 fully saturated rings. The molecule has 0 radical (unpaired) electrons. The molecular formula is C23H23ClN6OS. The third-order valence-corrected chi connectivity index (χ3v) is 7.17. The molecule has 1 saturated heterocycles. The minimum Gasteiger partial charge on any atom is -0.352 e. The van der Waals surface area contributed by atoms with Crippen LogP contribution < -0.4 is 4.90 Å². The Balaban J connectivity index is 1.32. The number of halogens is 1. The Kier molecular flexibility index (Phi) is 5.57. The number of thiophene rings is 1. The number of hydrogen-bond donors (Lipinski definition) is 0. The maximum absolute atomic E-state index is 13.4. The van der Waals surface area contributed by atoms with E-state index in [1.807, 2.05) is 53.1 Å². The zero-order valence-electron chi connectivity index (χ0n) is 18.0. The van der Waals surface area contributed by atoms with Crippen molar-refractivity contribution in [2.45, 2.75) is 20.4 Å². The van der Waals surface area contributed by atoms with Gasteiger partial charge in [0.25, 0.3) is 5.91 Å². The van der Waals surface area contributed by atoms with Gasteiger partial charge in [-0.2, -0.15) is 5.10 Å². The summed E-state index contributed by atoms with van der Waals surface area (Å²) in [6, 6.07) is 9.78. The van der Waals surface area contributed by atoms with Gasteiger partial charge in [0.05, 0.1) is 23.2 Å². The van der Waals surface area contributed by atoms with Gasteiger partial charge in [-0.05, 0) is 36.9 Å². The van der Waals surface area contributed by atoms with Crippen molar-refractivity contribution < 1.29 is 4.79 Å². The average molecular weight is 467 g/mol. The SMILES string of the molecule is Cc1nn(Cc2ccccc2Cl)c(C)c1C(=O)N1CCN(c2ncnc3sccc23)CC1. The lowest BCUT2D eigenvalue weighted by atomic mass is 10.1. The number of anilines is 1. The van der Waals surface area contributed by atoms with Gasteiger partial charge >= 0.3 is 0 Å². The lowest BCUT2D eigenvalue weighted by Gasteiger charge is -2.35.